The average molecular weight is 233 g/mol. The quantitative estimate of drug-likeness (QED) is 0.835. The first-order valence-corrected chi connectivity index (χ1v) is 6.70. The SMILES string of the molecule is CC(O)Cc1ccc(CC2CCNCC2)cc1. The first-order chi connectivity index (χ1) is 8.24. The largest absolute Gasteiger partial charge is 0.393 e. The predicted octanol–water partition coefficient (Wildman–Crippen LogP) is 2.15. The number of hydrogen-bond donors (Lipinski definition) is 2. The van der Waals surface area contributed by atoms with Crippen LogP contribution in [0.4, 0.5) is 0 Å². The van der Waals surface area contributed by atoms with E-state index in [1.807, 2.05) is 6.92 Å². The zero-order chi connectivity index (χ0) is 12.1. The van der Waals surface area contributed by atoms with Crippen molar-refractivity contribution in [3.8, 4) is 0 Å². The van der Waals surface area contributed by atoms with Gasteiger partial charge in [-0.3, -0.25) is 0 Å². The molecule has 1 aliphatic heterocycles. The van der Waals surface area contributed by atoms with Crippen LogP contribution in [0.5, 0.6) is 0 Å². The molecule has 1 unspecified atom stereocenters. The molecule has 0 spiro atoms. The van der Waals surface area contributed by atoms with E-state index in [0.29, 0.717) is 0 Å². The minimum Gasteiger partial charge on any atom is -0.393 e. The van der Waals surface area contributed by atoms with Crippen LogP contribution in [0, 0.1) is 5.92 Å². The van der Waals surface area contributed by atoms with E-state index in [-0.39, 0.29) is 6.10 Å². The average Bonchev–Trinajstić information content (AvgIpc) is 2.32. The second-order valence-electron chi connectivity index (χ2n) is 5.27. The molecule has 1 saturated heterocycles. The minimum absolute atomic E-state index is 0.245. The fourth-order valence-corrected chi connectivity index (χ4v) is 2.57. The van der Waals surface area contributed by atoms with Crippen molar-refractivity contribution in [3.05, 3.63) is 35.4 Å². The Labute approximate surface area is 104 Å². The second-order valence-corrected chi connectivity index (χ2v) is 5.27. The maximum Gasteiger partial charge on any atom is 0.0552 e. The third-order valence-electron chi connectivity index (χ3n) is 3.54. The van der Waals surface area contributed by atoms with Gasteiger partial charge in [-0.25, -0.2) is 0 Å². The van der Waals surface area contributed by atoms with E-state index in [4.69, 9.17) is 0 Å². The number of aliphatic hydroxyl groups is 1. The molecule has 0 saturated carbocycles. The van der Waals surface area contributed by atoms with Crippen molar-refractivity contribution in [1.82, 2.24) is 5.32 Å². The lowest BCUT2D eigenvalue weighted by Crippen LogP contribution is -2.28. The summed E-state index contributed by atoms with van der Waals surface area (Å²) < 4.78 is 0. The highest BCUT2D eigenvalue weighted by Gasteiger charge is 2.13. The van der Waals surface area contributed by atoms with Gasteiger partial charge in [-0.1, -0.05) is 24.3 Å². The van der Waals surface area contributed by atoms with Crippen LogP contribution in [-0.2, 0) is 12.8 Å². The van der Waals surface area contributed by atoms with E-state index in [1.54, 1.807) is 0 Å². The Hall–Kier alpha value is -0.860. The number of hydrogen-bond acceptors (Lipinski definition) is 2. The maximum absolute atomic E-state index is 9.33. The molecule has 1 aromatic carbocycles. The van der Waals surface area contributed by atoms with Crippen LogP contribution in [0.3, 0.4) is 0 Å². The Bertz CT molecular complexity index is 325. The summed E-state index contributed by atoms with van der Waals surface area (Å²) >= 11 is 0. The minimum atomic E-state index is -0.245. The fourth-order valence-electron chi connectivity index (χ4n) is 2.57. The van der Waals surface area contributed by atoms with Crippen molar-refractivity contribution in [2.24, 2.45) is 5.92 Å². The van der Waals surface area contributed by atoms with E-state index in [0.717, 1.165) is 12.3 Å². The van der Waals surface area contributed by atoms with Crippen LogP contribution >= 0.6 is 0 Å². The summed E-state index contributed by atoms with van der Waals surface area (Å²) in [5, 5.41) is 12.7. The zero-order valence-corrected chi connectivity index (χ0v) is 10.7. The van der Waals surface area contributed by atoms with E-state index >= 15 is 0 Å². The number of nitrogens with one attached hydrogen (secondary N) is 1. The van der Waals surface area contributed by atoms with Crippen molar-refractivity contribution in [1.29, 1.82) is 0 Å². The molecule has 17 heavy (non-hydrogen) atoms. The molecule has 0 bridgehead atoms. The summed E-state index contributed by atoms with van der Waals surface area (Å²) in [6.07, 6.45) is 4.32. The predicted molar refractivity (Wildman–Crippen MR) is 71.1 cm³/mol. The van der Waals surface area contributed by atoms with Crippen LogP contribution in [0.1, 0.15) is 30.9 Å². The molecule has 2 heteroatoms. The van der Waals surface area contributed by atoms with Crippen LogP contribution in [-0.4, -0.2) is 24.3 Å². The summed E-state index contributed by atoms with van der Waals surface area (Å²) in [6.45, 7) is 4.18. The van der Waals surface area contributed by atoms with Gasteiger partial charge in [0.1, 0.15) is 0 Å². The fraction of sp³-hybridized carbons (Fsp3) is 0.600. The summed E-state index contributed by atoms with van der Waals surface area (Å²) in [5.74, 6) is 0.846. The molecule has 94 valence electrons. The first kappa shape index (κ1) is 12.6. The van der Waals surface area contributed by atoms with Crippen LogP contribution < -0.4 is 5.32 Å². The van der Waals surface area contributed by atoms with Gasteiger partial charge in [0, 0.05) is 0 Å². The smallest absolute Gasteiger partial charge is 0.0552 e. The number of piperidine rings is 1. The van der Waals surface area contributed by atoms with E-state index < -0.39 is 0 Å². The van der Waals surface area contributed by atoms with Crippen molar-refractivity contribution in [3.63, 3.8) is 0 Å². The van der Waals surface area contributed by atoms with Gasteiger partial charge >= 0.3 is 0 Å². The second kappa shape index (κ2) is 6.18. The van der Waals surface area contributed by atoms with Gasteiger partial charge in [0.05, 0.1) is 6.10 Å². The summed E-state index contributed by atoms with van der Waals surface area (Å²) in [6, 6.07) is 8.76. The van der Waals surface area contributed by atoms with Gasteiger partial charge in [0.25, 0.3) is 0 Å². The molecule has 2 nitrogen and oxygen atoms in total. The Morgan fingerprint density at radius 1 is 1.18 bits per heavy atom. The lowest BCUT2D eigenvalue weighted by Gasteiger charge is -2.22. The van der Waals surface area contributed by atoms with Gasteiger partial charge in [0.15, 0.2) is 0 Å². The third-order valence-corrected chi connectivity index (χ3v) is 3.54. The molecular formula is C15H23NO. The summed E-state index contributed by atoms with van der Waals surface area (Å²) in [5.41, 5.74) is 2.67. The van der Waals surface area contributed by atoms with Gasteiger partial charge < -0.3 is 10.4 Å². The Balaban J connectivity index is 1.88. The molecular weight excluding hydrogens is 210 g/mol. The van der Waals surface area contributed by atoms with Crippen molar-refractivity contribution >= 4 is 0 Å². The van der Waals surface area contributed by atoms with E-state index in [2.05, 4.69) is 29.6 Å². The van der Waals surface area contributed by atoms with Crippen LogP contribution in [0.15, 0.2) is 24.3 Å². The molecule has 0 amide bonds. The summed E-state index contributed by atoms with van der Waals surface area (Å²) in [7, 11) is 0. The monoisotopic (exact) mass is 233 g/mol. The standard InChI is InChI=1S/C15H23NO/c1-12(17)10-13-2-4-14(5-3-13)11-15-6-8-16-9-7-15/h2-5,12,15-17H,6-11H2,1H3. The van der Waals surface area contributed by atoms with Gasteiger partial charge in [-0.2, -0.15) is 0 Å². The van der Waals surface area contributed by atoms with Crippen molar-refractivity contribution < 1.29 is 5.11 Å². The Morgan fingerprint density at radius 2 is 1.76 bits per heavy atom. The zero-order valence-electron chi connectivity index (χ0n) is 10.7. The van der Waals surface area contributed by atoms with E-state index in [1.165, 1.54) is 43.5 Å². The van der Waals surface area contributed by atoms with Crippen molar-refractivity contribution in [2.45, 2.75) is 38.7 Å². The maximum atomic E-state index is 9.33. The highest BCUT2D eigenvalue weighted by atomic mass is 16.3. The molecule has 2 N–H and O–H groups in total. The van der Waals surface area contributed by atoms with E-state index in [9.17, 15) is 5.11 Å². The van der Waals surface area contributed by atoms with Crippen LogP contribution in [0.2, 0.25) is 0 Å². The number of benzene rings is 1. The molecule has 1 aromatic rings. The van der Waals surface area contributed by atoms with Crippen LogP contribution in [0.25, 0.3) is 0 Å². The molecule has 1 heterocycles. The lowest BCUT2D eigenvalue weighted by molar-refractivity contribution is 0.195. The van der Waals surface area contributed by atoms with Gasteiger partial charge in [-0.05, 0) is 62.7 Å². The topological polar surface area (TPSA) is 32.3 Å². The molecule has 0 aliphatic carbocycles. The third kappa shape index (κ3) is 4.14. The number of rotatable bonds is 4. The number of aliphatic hydroxyl groups excluding tert-OH is 1. The lowest BCUT2D eigenvalue weighted by atomic mass is 9.90. The Morgan fingerprint density at radius 3 is 2.35 bits per heavy atom. The summed E-state index contributed by atoms with van der Waals surface area (Å²) in [4.78, 5) is 0. The Kier molecular flexibility index (Phi) is 4.57. The van der Waals surface area contributed by atoms with Gasteiger partial charge in [0.2, 0.25) is 0 Å². The molecule has 2 rings (SSSR count). The normalized spacial score (nSPS) is 19.2. The van der Waals surface area contributed by atoms with Crippen molar-refractivity contribution in [2.75, 3.05) is 13.1 Å². The van der Waals surface area contributed by atoms with Gasteiger partial charge in [-0.15, -0.1) is 0 Å². The molecule has 0 aromatic heterocycles. The molecule has 1 fully saturated rings. The highest BCUT2D eigenvalue weighted by Crippen LogP contribution is 2.18. The first-order valence-electron chi connectivity index (χ1n) is 6.70. The molecule has 1 atom stereocenters. The molecule has 1 aliphatic rings. The molecule has 0 radical (unpaired) electrons. The highest BCUT2D eigenvalue weighted by molar-refractivity contribution is 5.23.